The quantitative estimate of drug-likeness (QED) is 0.355. The maximum atomic E-state index is 13.2. The van der Waals surface area contributed by atoms with Crippen molar-refractivity contribution in [2.75, 3.05) is 0 Å². The highest BCUT2D eigenvalue weighted by atomic mass is 32.2. The van der Waals surface area contributed by atoms with E-state index in [-0.39, 0.29) is 11.4 Å². The topological polar surface area (TPSA) is 89.4 Å². The molecule has 0 radical (unpaired) electrons. The third-order valence-corrected chi connectivity index (χ3v) is 7.41. The molecule has 1 N–H and O–H groups in total. The van der Waals surface area contributed by atoms with Crippen LogP contribution in [0.3, 0.4) is 0 Å². The molecule has 156 valence electrons. The molecular weight excluding hydrogens is 455 g/mol. The molecule has 0 spiro atoms. The maximum Gasteiger partial charge on any atom is 0.260 e. The molecule has 0 unspecified atom stereocenters. The standard InChI is InChI=1S/C20H15FN6OS3/c21-13-5-3-12(4-6-13)15-10-30-19-17(15)18(28)22-16(23-19)11-31-20-24-25-26-27(20)8-7-14-2-1-9-29-14/h1-6,9-10H,7-8,11H2,(H,22,23,28). The van der Waals surface area contributed by atoms with Gasteiger partial charge in [-0.15, -0.1) is 27.8 Å². The van der Waals surface area contributed by atoms with Crippen molar-refractivity contribution in [3.63, 3.8) is 0 Å². The van der Waals surface area contributed by atoms with Crippen LogP contribution in [0.5, 0.6) is 0 Å². The zero-order valence-corrected chi connectivity index (χ0v) is 18.4. The highest BCUT2D eigenvalue weighted by Crippen LogP contribution is 2.31. The first-order chi connectivity index (χ1) is 15.2. The van der Waals surface area contributed by atoms with E-state index in [0.29, 0.717) is 33.5 Å². The van der Waals surface area contributed by atoms with Gasteiger partial charge in [-0.25, -0.2) is 14.1 Å². The molecule has 0 atom stereocenters. The number of rotatable bonds is 7. The summed E-state index contributed by atoms with van der Waals surface area (Å²) in [5.74, 6) is 0.684. The predicted molar refractivity (Wildman–Crippen MR) is 121 cm³/mol. The molecule has 7 nitrogen and oxygen atoms in total. The third-order valence-electron chi connectivity index (χ3n) is 4.64. The van der Waals surface area contributed by atoms with Gasteiger partial charge in [-0.05, 0) is 39.6 Å². The van der Waals surface area contributed by atoms with Crippen molar-refractivity contribution >= 4 is 44.7 Å². The average Bonchev–Trinajstić information content (AvgIpc) is 3.52. The molecule has 31 heavy (non-hydrogen) atoms. The molecule has 0 bridgehead atoms. The summed E-state index contributed by atoms with van der Waals surface area (Å²) in [5, 5.41) is 17.0. The summed E-state index contributed by atoms with van der Waals surface area (Å²) >= 11 is 4.53. The summed E-state index contributed by atoms with van der Waals surface area (Å²) < 4.78 is 15.0. The number of thioether (sulfide) groups is 1. The van der Waals surface area contributed by atoms with Crippen LogP contribution in [0.25, 0.3) is 21.3 Å². The van der Waals surface area contributed by atoms with Gasteiger partial charge >= 0.3 is 0 Å². The molecule has 0 saturated carbocycles. The van der Waals surface area contributed by atoms with Gasteiger partial charge in [0.1, 0.15) is 16.5 Å². The van der Waals surface area contributed by atoms with Crippen LogP contribution in [0.1, 0.15) is 10.7 Å². The normalized spacial score (nSPS) is 11.4. The second kappa shape index (κ2) is 8.69. The van der Waals surface area contributed by atoms with E-state index in [1.54, 1.807) is 28.2 Å². The largest absolute Gasteiger partial charge is 0.309 e. The first-order valence-electron chi connectivity index (χ1n) is 9.35. The molecule has 5 aromatic rings. The van der Waals surface area contributed by atoms with E-state index in [4.69, 9.17) is 0 Å². The lowest BCUT2D eigenvalue weighted by molar-refractivity contribution is 0.550. The minimum absolute atomic E-state index is 0.210. The maximum absolute atomic E-state index is 13.2. The second-order valence-electron chi connectivity index (χ2n) is 6.65. The fourth-order valence-corrected chi connectivity index (χ4v) is 5.59. The van der Waals surface area contributed by atoms with Gasteiger partial charge in [-0.2, -0.15) is 0 Å². The number of aromatic nitrogens is 6. The Morgan fingerprint density at radius 3 is 2.84 bits per heavy atom. The Balaban J connectivity index is 1.34. The van der Waals surface area contributed by atoms with Crippen molar-refractivity contribution in [3.05, 3.63) is 74.0 Å². The van der Waals surface area contributed by atoms with Gasteiger partial charge < -0.3 is 4.98 Å². The highest BCUT2D eigenvalue weighted by Gasteiger charge is 2.14. The van der Waals surface area contributed by atoms with Gasteiger partial charge in [0.25, 0.3) is 5.56 Å². The minimum Gasteiger partial charge on any atom is -0.309 e. The molecule has 0 aliphatic heterocycles. The number of hydrogen-bond donors (Lipinski definition) is 1. The fourth-order valence-electron chi connectivity index (χ4n) is 3.15. The number of halogens is 1. The summed E-state index contributed by atoms with van der Waals surface area (Å²) in [6, 6.07) is 10.2. The number of fused-ring (bicyclic) bond motifs is 1. The van der Waals surface area contributed by atoms with E-state index < -0.39 is 0 Å². The molecule has 11 heteroatoms. The van der Waals surface area contributed by atoms with E-state index in [0.717, 1.165) is 17.5 Å². The molecule has 0 fully saturated rings. The number of benzene rings is 1. The third kappa shape index (κ3) is 4.29. The number of thiophene rings is 2. The minimum atomic E-state index is -0.313. The van der Waals surface area contributed by atoms with Crippen LogP contribution < -0.4 is 5.56 Å². The zero-order valence-electron chi connectivity index (χ0n) is 16.0. The fraction of sp³-hybridized carbons (Fsp3) is 0.150. The van der Waals surface area contributed by atoms with Crippen LogP contribution in [-0.4, -0.2) is 30.2 Å². The first kappa shape index (κ1) is 20.0. The van der Waals surface area contributed by atoms with Crippen molar-refractivity contribution < 1.29 is 4.39 Å². The number of aryl methyl sites for hydroxylation is 2. The Morgan fingerprint density at radius 1 is 1.16 bits per heavy atom. The molecule has 0 aliphatic carbocycles. The lowest BCUT2D eigenvalue weighted by atomic mass is 10.1. The molecular formula is C20H15FN6OS3. The highest BCUT2D eigenvalue weighted by molar-refractivity contribution is 7.98. The molecule has 5 rings (SSSR count). The Bertz CT molecular complexity index is 1370. The number of hydrogen-bond acceptors (Lipinski definition) is 8. The zero-order chi connectivity index (χ0) is 21.2. The van der Waals surface area contributed by atoms with Gasteiger partial charge in [0.2, 0.25) is 5.16 Å². The van der Waals surface area contributed by atoms with Crippen molar-refractivity contribution in [2.45, 2.75) is 23.9 Å². The molecule has 4 aromatic heterocycles. The summed E-state index contributed by atoms with van der Waals surface area (Å²) in [4.78, 5) is 22.2. The van der Waals surface area contributed by atoms with Crippen molar-refractivity contribution in [1.82, 2.24) is 30.2 Å². The molecule has 0 aliphatic rings. The molecule has 0 saturated heterocycles. The van der Waals surface area contributed by atoms with Gasteiger partial charge in [0.05, 0.1) is 17.7 Å². The van der Waals surface area contributed by atoms with Crippen molar-refractivity contribution in [3.8, 4) is 11.1 Å². The Kier molecular flexibility index (Phi) is 5.62. The number of nitrogens with zero attached hydrogens (tertiary/aromatic N) is 5. The number of nitrogens with one attached hydrogen (secondary N) is 1. The van der Waals surface area contributed by atoms with E-state index >= 15 is 0 Å². The van der Waals surface area contributed by atoms with Gasteiger partial charge in [0.15, 0.2) is 0 Å². The molecule has 4 heterocycles. The summed E-state index contributed by atoms with van der Waals surface area (Å²) in [7, 11) is 0. The molecule has 1 aromatic carbocycles. The number of aromatic amines is 1. The SMILES string of the molecule is O=c1[nH]c(CSc2nnnn2CCc2cccs2)nc2scc(-c3ccc(F)cc3)c12. The van der Waals surface area contributed by atoms with Crippen molar-refractivity contribution in [2.24, 2.45) is 0 Å². The van der Waals surface area contributed by atoms with Crippen LogP contribution in [0.2, 0.25) is 0 Å². The van der Waals surface area contributed by atoms with Crippen LogP contribution in [-0.2, 0) is 18.7 Å². The summed E-state index contributed by atoms with van der Waals surface area (Å²) in [6.45, 7) is 0.685. The number of tetrazole rings is 1. The van der Waals surface area contributed by atoms with E-state index in [9.17, 15) is 9.18 Å². The lowest BCUT2D eigenvalue weighted by Crippen LogP contribution is -2.11. The second-order valence-corrected chi connectivity index (χ2v) is 9.48. The van der Waals surface area contributed by atoms with Gasteiger partial charge in [0, 0.05) is 22.2 Å². The predicted octanol–water partition coefficient (Wildman–Crippen LogP) is 4.37. The van der Waals surface area contributed by atoms with Gasteiger partial charge in [-0.1, -0.05) is 30.0 Å². The Labute approximate surface area is 188 Å². The Morgan fingerprint density at radius 2 is 2.03 bits per heavy atom. The lowest BCUT2D eigenvalue weighted by Gasteiger charge is -2.04. The van der Waals surface area contributed by atoms with Gasteiger partial charge in [-0.3, -0.25) is 4.79 Å². The average molecular weight is 471 g/mol. The Hall–Kier alpha value is -2.89. The van der Waals surface area contributed by atoms with Crippen LogP contribution in [0, 0.1) is 5.82 Å². The van der Waals surface area contributed by atoms with E-state index in [1.807, 2.05) is 11.4 Å². The van der Waals surface area contributed by atoms with Crippen LogP contribution in [0.15, 0.2) is 57.1 Å². The smallest absolute Gasteiger partial charge is 0.260 e. The van der Waals surface area contributed by atoms with Crippen LogP contribution >= 0.6 is 34.4 Å². The first-order valence-corrected chi connectivity index (χ1v) is 12.1. The monoisotopic (exact) mass is 470 g/mol. The van der Waals surface area contributed by atoms with Crippen molar-refractivity contribution in [1.29, 1.82) is 0 Å². The van der Waals surface area contributed by atoms with Crippen LogP contribution in [0.4, 0.5) is 4.39 Å². The van der Waals surface area contributed by atoms with E-state index in [1.165, 1.54) is 40.1 Å². The van der Waals surface area contributed by atoms with E-state index in [2.05, 4.69) is 36.9 Å². The number of H-pyrrole nitrogens is 1. The molecule has 0 amide bonds. The summed E-state index contributed by atoms with van der Waals surface area (Å²) in [5.41, 5.74) is 1.33. The summed E-state index contributed by atoms with van der Waals surface area (Å²) in [6.07, 6.45) is 0.860.